The number of pyridine rings is 2. The van der Waals surface area contributed by atoms with E-state index >= 15 is 0 Å². The van der Waals surface area contributed by atoms with Crippen molar-refractivity contribution in [1.29, 1.82) is 5.26 Å². The lowest BCUT2D eigenvalue weighted by molar-refractivity contribution is -0.140. The lowest BCUT2D eigenvalue weighted by Gasteiger charge is -2.30. The van der Waals surface area contributed by atoms with Crippen molar-refractivity contribution in [3.63, 3.8) is 0 Å². The van der Waals surface area contributed by atoms with Gasteiger partial charge in [0.05, 0.1) is 11.3 Å². The maximum atomic E-state index is 13.5. The van der Waals surface area contributed by atoms with E-state index < -0.39 is 12.1 Å². The van der Waals surface area contributed by atoms with Crippen LogP contribution < -0.4 is 15.1 Å². The molecule has 12 heteroatoms. The summed E-state index contributed by atoms with van der Waals surface area (Å²) in [7, 11) is 5.79. The van der Waals surface area contributed by atoms with Gasteiger partial charge in [0.1, 0.15) is 29.5 Å². The minimum absolute atomic E-state index is 0.112. The Morgan fingerprint density at radius 3 is 2.73 bits per heavy atom. The van der Waals surface area contributed by atoms with Crippen LogP contribution in [0.4, 0.5) is 22.1 Å². The molecule has 3 amide bonds. The van der Waals surface area contributed by atoms with Crippen LogP contribution in [0.5, 0.6) is 0 Å². The molecule has 5 rings (SSSR count). The maximum absolute atomic E-state index is 13.5. The number of aromatic nitrogens is 2. The number of aryl methyl sites for hydroxylation is 1. The second-order valence-electron chi connectivity index (χ2n) is 11.1. The molecule has 2 aromatic rings. The van der Waals surface area contributed by atoms with Gasteiger partial charge < -0.3 is 19.4 Å². The monoisotopic (exact) mass is 560 g/mol. The Kier molecular flexibility index (Phi) is 8.46. The summed E-state index contributed by atoms with van der Waals surface area (Å²) in [6.45, 7) is 2.83. The summed E-state index contributed by atoms with van der Waals surface area (Å²) in [5.74, 6) is 0.652. The average molecular weight is 561 g/mol. The number of hydrogen-bond acceptors (Lipinski definition) is 9. The van der Waals surface area contributed by atoms with Gasteiger partial charge in [-0.2, -0.15) is 5.26 Å². The summed E-state index contributed by atoms with van der Waals surface area (Å²) in [5.41, 5.74) is 2.87. The zero-order chi connectivity index (χ0) is 29.1. The highest BCUT2D eigenvalue weighted by molar-refractivity contribution is 6.02. The molecule has 216 valence electrons. The van der Waals surface area contributed by atoms with Gasteiger partial charge in [-0.25, -0.2) is 14.8 Å². The molecule has 12 nitrogen and oxygen atoms in total. The number of fused-ring (bicyclic) bond motifs is 1. The van der Waals surface area contributed by atoms with E-state index in [1.807, 2.05) is 20.2 Å². The number of hydrogen-bond donors (Lipinski definition) is 1. The van der Waals surface area contributed by atoms with E-state index in [1.54, 1.807) is 18.0 Å². The van der Waals surface area contributed by atoms with Crippen LogP contribution in [-0.2, 0) is 22.5 Å². The number of rotatable bonds is 7. The van der Waals surface area contributed by atoms with Gasteiger partial charge in [0.15, 0.2) is 6.29 Å². The minimum Gasteiger partial charge on any atom is -0.369 e. The molecule has 0 bridgehead atoms. The molecule has 2 atom stereocenters. The molecule has 0 aliphatic carbocycles. The molecular weight excluding hydrogens is 524 g/mol. The van der Waals surface area contributed by atoms with Crippen LogP contribution in [-0.4, -0.2) is 97.5 Å². The largest absolute Gasteiger partial charge is 0.369 e. The first-order valence-electron chi connectivity index (χ1n) is 14.0. The van der Waals surface area contributed by atoms with Crippen LogP contribution in [0, 0.1) is 11.3 Å². The number of nitriles is 1. The van der Waals surface area contributed by atoms with Crippen LogP contribution in [0.3, 0.4) is 0 Å². The Bertz CT molecular complexity index is 1370. The fourth-order valence-corrected chi connectivity index (χ4v) is 5.76. The van der Waals surface area contributed by atoms with Gasteiger partial charge in [0.25, 0.3) is 5.91 Å². The quantitative estimate of drug-likeness (QED) is 0.507. The molecule has 2 aromatic heterocycles. The molecule has 0 aromatic carbocycles. The van der Waals surface area contributed by atoms with Gasteiger partial charge in [0, 0.05) is 63.7 Å². The predicted molar refractivity (Wildman–Crippen MR) is 153 cm³/mol. The highest BCUT2D eigenvalue weighted by Crippen LogP contribution is 2.30. The first-order valence-corrected chi connectivity index (χ1v) is 14.0. The van der Waals surface area contributed by atoms with Crippen molar-refractivity contribution in [2.24, 2.45) is 0 Å². The van der Waals surface area contributed by atoms with E-state index in [0.717, 1.165) is 43.6 Å². The molecule has 3 aliphatic heterocycles. The van der Waals surface area contributed by atoms with Crippen molar-refractivity contribution >= 4 is 35.5 Å². The Balaban J connectivity index is 1.34. The van der Waals surface area contributed by atoms with E-state index in [-0.39, 0.29) is 18.1 Å². The molecule has 2 saturated heterocycles. The summed E-state index contributed by atoms with van der Waals surface area (Å²) in [5, 5.41) is 12.5. The number of nitrogens with zero attached hydrogens (tertiary/aromatic N) is 7. The normalized spacial score (nSPS) is 20.1. The smallest absolute Gasteiger partial charge is 0.328 e. The second-order valence-corrected chi connectivity index (χ2v) is 11.1. The van der Waals surface area contributed by atoms with Crippen LogP contribution in [0.15, 0.2) is 18.3 Å². The average Bonchev–Trinajstić information content (AvgIpc) is 3.69. The fraction of sp³-hybridized carbons (Fsp3) is 0.517. The first-order chi connectivity index (χ1) is 19.8. The number of anilines is 3. The van der Waals surface area contributed by atoms with Crippen LogP contribution in [0.25, 0.3) is 0 Å². The SMILES string of the molecule is CN(Cc1cc2c(nc1C=O)N(C(=O)Nc1cc(N3CCC(N(C)C)C3)c(C#N)cn1)CCC2)C(=O)C1CCCO1. The summed E-state index contributed by atoms with van der Waals surface area (Å²) in [4.78, 5) is 54.5. The third kappa shape index (κ3) is 6.01. The summed E-state index contributed by atoms with van der Waals surface area (Å²) in [6, 6.07) is 5.80. The molecule has 5 heterocycles. The van der Waals surface area contributed by atoms with E-state index in [9.17, 15) is 19.6 Å². The number of ether oxygens (including phenoxy) is 1. The van der Waals surface area contributed by atoms with Crippen LogP contribution in [0.2, 0.25) is 0 Å². The van der Waals surface area contributed by atoms with Crippen LogP contribution >= 0.6 is 0 Å². The van der Waals surface area contributed by atoms with E-state index in [1.165, 1.54) is 11.1 Å². The Labute approximate surface area is 239 Å². The maximum Gasteiger partial charge on any atom is 0.328 e. The molecule has 3 aliphatic rings. The number of carbonyl (C=O) groups is 3. The van der Waals surface area contributed by atoms with Crippen molar-refractivity contribution in [2.75, 3.05) is 62.5 Å². The van der Waals surface area contributed by atoms with Gasteiger partial charge in [-0.15, -0.1) is 0 Å². The number of urea groups is 1. The molecule has 1 N–H and O–H groups in total. The molecule has 2 unspecified atom stereocenters. The first kappa shape index (κ1) is 28.4. The zero-order valence-electron chi connectivity index (χ0n) is 23.8. The summed E-state index contributed by atoms with van der Waals surface area (Å²) < 4.78 is 5.52. The number of nitrogens with one attached hydrogen (secondary N) is 1. The third-order valence-electron chi connectivity index (χ3n) is 8.09. The molecule has 0 radical (unpaired) electrons. The molecule has 0 spiro atoms. The predicted octanol–water partition coefficient (Wildman–Crippen LogP) is 2.42. The van der Waals surface area contributed by atoms with Crippen molar-refractivity contribution < 1.29 is 19.1 Å². The highest BCUT2D eigenvalue weighted by atomic mass is 16.5. The highest BCUT2D eigenvalue weighted by Gasteiger charge is 2.30. The second kappa shape index (κ2) is 12.2. The van der Waals surface area contributed by atoms with Gasteiger partial charge in [0.2, 0.25) is 0 Å². The van der Waals surface area contributed by atoms with Crippen molar-refractivity contribution in [1.82, 2.24) is 19.8 Å². The zero-order valence-corrected chi connectivity index (χ0v) is 23.8. The Morgan fingerprint density at radius 2 is 2.05 bits per heavy atom. The molecular formula is C29H36N8O4. The Morgan fingerprint density at radius 1 is 1.22 bits per heavy atom. The fourth-order valence-electron chi connectivity index (χ4n) is 5.76. The number of likely N-dealkylation sites (N-methyl/N-ethyl adjacent to an activating group) is 2. The molecule has 2 fully saturated rings. The van der Waals surface area contributed by atoms with E-state index in [4.69, 9.17) is 4.74 Å². The van der Waals surface area contributed by atoms with E-state index in [0.29, 0.717) is 61.1 Å². The van der Waals surface area contributed by atoms with Crippen molar-refractivity contribution in [3.05, 3.63) is 40.7 Å². The van der Waals surface area contributed by atoms with Crippen LogP contribution in [0.1, 0.15) is 52.9 Å². The third-order valence-corrected chi connectivity index (χ3v) is 8.09. The van der Waals surface area contributed by atoms with Crippen molar-refractivity contribution in [2.45, 2.75) is 50.8 Å². The molecule has 0 saturated carbocycles. The number of aldehydes is 1. The van der Waals surface area contributed by atoms with Gasteiger partial charge in [-0.05, 0) is 57.8 Å². The lowest BCUT2D eigenvalue weighted by Crippen LogP contribution is -2.40. The van der Waals surface area contributed by atoms with Gasteiger partial charge in [-0.1, -0.05) is 0 Å². The topological polar surface area (TPSA) is 135 Å². The molecule has 41 heavy (non-hydrogen) atoms. The van der Waals surface area contributed by atoms with Gasteiger partial charge >= 0.3 is 6.03 Å². The Hall–Kier alpha value is -4.08. The lowest BCUT2D eigenvalue weighted by atomic mass is 10.0. The number of amides is 3. The van der Waals surface area contributed by atoms with E-state index in [2.05, 4.69) is 31.2 Å². The standard InChI is InChI=1S/C29H36N8O4/c1-34(2)22-8-10-36(17-22)24-13-26(31-15-21(24)14-30)33-29(40)37-9-4-6-19-12-20(23(18-38)32-27(19)37)16-35(3)28(39)25-7-5-11-41-25/h12-13,15,18,22,25H,4-11,16-17H2,1-3H3,(H,31,33,40). The summed E-state index contributed by atoms with van der Waals surface area (Å²) >= 11 is 0. The van der Waals surface area contributed by atoms with Gasteiger partial charge in [-0.3, -0.25) is 19.8 Å². The van der Waals surface area contributed by atoms with Crippen molar-refractivity contribution in [3.8, 4) is 6.07 Å². The summed E-state index contributed by atoms with van der Waals surface area (Å²) in [6.07, 6.45) is 5.66. The number of carbonyl (C=O) groups excluding carboxylic acids is 3. The minimum atomic E-state index is -0.444.